The third-order valence-corrected chi connectivity index (χ3v) is 3.68. The van der Waals surface area contributed by atoms with Crippen LogP contribution in [0.15, 0.2) is 66.9 Å². The molecular formula is C19H16N2. The van der Waals surface area contributed by atoms with Crippen molar-refractivity contribution in [3.8, 4) is 17.3 Å². The molecule has 2 heteroatoms. The molecule has 0 saturated heterocycles. The second-order valence-electron chi connectivity index (χ2n) is 5.12. The molecule has 0 atom stereocenters. The minimum Gasteiger partial charge on any atom is -0.349 e. The van der Waals surface area contributed by atoms with Crippen LogP contribution in [0.3, 0.4) is 0 Å². The first-order chi connectivity index (χ1) is 10.3. The quantitative estimate of drug-likeness (QED) is 0.704. The lowest BCUT2D eigenvalue weighted by Gasteiger charge is -2.08. The van der Waals surface area contributed by atoms with Gasteiger partial charge in [0.2, 0.25) is 0 Å². The van der Waals surface area contributed by atoms with Gasteiger partial charge in [-0.15, -0.1) is 0 Å². The first-order valence-corrected chi connectivity index (χ1v) is 6.97. The van der Waals surface area contributed by atoms with Gasteiger partial charge in [-0.1, -0.05) is 60.7 Å². The highest BCUT2D eigenvalue weighted by molar-refractivity contribution is 5.68. The molecule has 0 aliphatic rings. The van der Waals surface area contributed by atoms with Crippen LogP contribution in [0.4, 0.5) is 0 Å². The zero-order valence-corrected chi connectivity index (χ0v) is 12.0. The van der Waals surface area contributed by atoms with E-state index in [4.69, 9.17) is 0 Å². The fraction of sp³-hybridized carbons (Fsp3) is 0.105. The molecular weight excluding hydrogens is 256 g/mol. The van der Waals surface area contributed by atoms with Crippen molar-refractivity contribution in [3.63, 3.8) is 0 Å². The third-order valence-electron chi connectivity index (χ3n) is 3.68. The van der Waals surface area contributed by atoms with Gasteiger partial charge >= 0.3 is 0 Å². The minimum atomic E-state index is 0.750. The van der Waals surface area contributed by atoms with Crippen molar-refractivity contribution in [2.24, 2.45) is 7.05 Å². The molecule has 2 nitrogen and oxygen atoms in total. The Morgan fingerprint density at radius 2 is 1.57 bits per heavy atom. The Morgan fingerprint density at radius 1 is 0.952 bits per heavy atom. The van der Waals surface area contributed by atoms with Crippen molar-refractivity contribution >= 4 is 0 Å². The Morgan fingerprint density at radius 3 is 2.19 bits per heavy atom. The maximum Gasteiger partial charge on any atom is 0.101 e. The summed E-state index contributed by atoms with van der Waals surface area (Å²) in [5, 5.41) is 9.42. The van der Waals surface area contributed by atoms with Crippen LogP contribution in [-0.2, 0) is 13.5 Å². The Kier molecular flexibility index (Phi) is 3.57. The third kappa shape index (κ3) is 2.59. The molecule has 0 radical (unpaired) electrons. The number of rotatable bonds is 3. The maximum absolute atomic E-state index is 9.42. The molecule has 1 heterocycles. The highest BCUT2D eigenvalue weighted by Gasteiger charge is 2.15. The number of aryl methyl sites for hydroxylation is 1. The summed E-state index contributed by atoms with van der Waals surface area (Å²) >= 11 is 0. The molecule has 0 spiro atoms. The SMILES string of the molecule is Cn1cc(C#N)c(Cc2ccccc2)c1-c1ccccc1. The summed E-state index contributed by atoms with van der Waals surface area (Å²) in [5.41, 5.74) is 5.33. The van der Waals surface area contributed by atoms with Crippen LogP contribution in [-0.4, -0.2) is 4.57 Å². The highest BCUT2D eigenvalue weighted by Crippen LogP contribution is 2.29. The summed E-state index contributed by atoms with van der Waals surface area (Å²) in [6.45, 7) is 0. The van der Waals surface area contributed by atoms with Gasteiger partial charge in [-0.05, 0) is 11.1 Å². The normalized spacial score (nSPS) is 10.3. The molecule has 0 aliphatic heterocycles. The van der Waals surface area contributed by atoms with E-state index >= 15 is 0 Å². The van der Waals surface area contributed by atoms with E-state index in [0.717, 1.165) is 28.8 Å². The molecule has 102 valence electrons. The van der Waals surface area contributed by atoms with Gasteiger partial charge in [-0.25, -0.2) is 0 Å². The van der Waals surface area contributed by atoms with Gasteiger partial charge in [-0.3, -0.25) is 0 Å². The molecule has 0 aliphatic carbocycles. The van der Waals surface area contributed by atoms with Crippen LogP contribution < -0.4 is 0 Å². The molecule has 0 amide bonds. The van der Waals surface area contributed by atoms with Crippen molar-refractivity contribution in [1.29, 1.82) is 5.26 Å². The zero-order valence-electron chi connectivity index (χ0n) is 12.0. The number of benzene rings is 2. The summed E-state index contributed by atoms with van der Waals surface area (Å²) in [5.74, 6) is 0. The van der Waals surface area contributed by atoms with Crippen molar-refractivity contribution in [1.82, 2.24) is 4.57 Å². The van der Waals surface area contributed by atoms with Gasteiger partial charge in [0.05, 0.1) is 11.3 Å². The summed E-state index contributed by atoms with van der Waals surface area (Å²) in [6.07, 6.45) is 2.69. The van der Waals surface area contributed by atoms with E-state index in [9.17, 15) is 5.26 Å². The van der Waals surface area contributed by atoms with Crippen molar-refractivity contribution in [2.75, 3.05) is 0 Å². The smallest absolute Gasteiger partial charge is 0.101 e. The minimum absolute atomic E-state index is 0.750. The Labute approximate surface area is 124 Å². The fourth-order valence-corrected chi connectivity index (χ4v) is 2.73. The molecule has 0 bridgehead atoms. The molecule has 3 aromatic rings. The van der Waals surface area contributed by atoms with Crippen LogP contribution in [0, 0.1) is 11.3 Å². The zero-order chi connectivity index (χ0) is 14.7. The lowest BCUT2D eigenvalue weighted by molar-refractivity contribution is 0.930. The summed E-state index contributed by atoms with van der Waals surface area (Å²) in [7, 11) is 2.00. The molecule has 3 rings (SSSR count). The molecule has 0 N–H and O–H groups in total. The van der Waals surface area contributed by atoms with Gasteiger partial charge in [0.15, 0.2) is 0 Å². The van der Waals surface area contributed by atoms with E-state index in [0.29, 0.717) is 0 Å². The van der Waals surface area contributed by atoms with Crippen LogP contribution in [0.2, 0.25) is 0 Å². The van der Waals surface area contributed by atoms with E-state index < -0.39 is 0 Å². The topological polar surface area (TPSA) is 28.7 Å². The number of nitrogens with zero attached hydrogens (tertiary/aromatic N) is 2. The van der Waals surface area contributed by atoms with E-state index in [-0.39, 0.29) is 0 Å². The van der Waals surface area contributed by atoms with Crippen LogP contribution in [0.25, 0.3) is 11.3 Å². The summed E-state index contributed by atoms with van der Waals surface area (Å²) < 4.78 is 2.05. The first kappa shape index (κ1) is 13.2. The van der Waals surface area contributed by atoms with E-state index in [2.05, 4.69) is 30.3 Å². The summed E-state index contributed by atoms with van der Waals surface area (Å²) in [6, 6.07) is 22.8. The van der Waals surface area contributed by atoms with Crippen molar-refractivity contribution in [2.45, 2.75) is 6.42 Å². The monoisotopic (exact) mass is 272 g/mol. The van der Waals surface area contributed by atoms with E-state index in [1.807, 2.05) is 54.2 Å². The van der Waals surface area contributed by atoms with Gasteiger partial charge in [0.25, 0.3) is 0 Å². The predicted molar refractivity (Wildman–Crippen MR) is 84.8 cm³/mol. The predicted octanol–water partition coefficient (Wildman–Crippen LogP) is 4.15. The standard InChI is InChI=1S/C19H16N2/c1-21-14-17(13-20)18(12-15-8-4-2-5-9-15)19(21)16-10-6-3-7-11-16/h2-11,14H,12H2,1H3. The van der Waals surface area contributed by atoms with Crippen LogP contribution in [0.5, 0.6) is 0 Å². The summed E-state index contributed by atoms with van der Waals surface area (Å²) in [4.78, 5) is 0. The Hall–Kier alpha value is -2.79. The van der Waals surface area contributed by atoms with E-state index in [1.54, 1.807) is 0 Å². The van der Waals surface area contributed by atoms with Gasteiger partial charge in [0, 0.05) is 25.2 Å². The highest BCUT2D eigenvalue weighted by atomic mass is 14.9. The largest absolute Gasteiger partial charge is 0.349 e. The number of aromatic nitrogens is 1. The Balaban J connectivity index is 2.13. The number of nitriles is 1. The number of hydrogen-bond donors (Lipinski definition) is 0. The average molecular weight is 272 g/mol. The van der Waals surface area contributed by atoms with Gasteiger partial charge in [0.1, 0.15) is 6.07 Å². The average Bonchev–Trinajstić information content (AvgIpc) is 2.85. The molecule has 0 fully saturated rings. The fourth-order valence-electron chi connectivity index (χ4n) is 2.73. The molecule has 0 unspecified atom stereocenters. The van der Waals surface area contributed by atoms with Crippen molar-refractivity contribution < 1.29 is 0 Å². The number of hydrogen-bond acceptors (Lipinski definition) is 1. The second kappa shape index (κ2) is 5.68. The molecule has 21 heavy (non-hydrogen) atoms. The molecule has 2 aromatic carbocycles. The molecule has 1 aromatic heterocycles. The van der Waals surface area contributed by atoms with Crippen molar-refractivity contribution in [3.05, 3.63) is 83.6 Å². The lowest BCUT2D eigenvalue weighted by Crippen LogP contribution is -1.95. The van der Waals surface area contributed by atoms with Gasteiger partial charge < -0.3 is 4.57 Å². The van der Waals surface area contributed by atoms with Crippen LogP contribution in [0.1, 0.15) is 16.7 Å². The van der Waals surface area contributed by atoms with Crippen LogP contribution >= 0.6 is 0 Å². The van der Waals surface area contributed by atoms with Gasteiger partial charge in [-0.2, -0.15) is 5.26 Å². The first-order valence-electron chi connectivity index (χ1n) is 6.97. The second-order valence-corrected chi connectivity index (χ2v) is 5.12. The lowest BCUT2D eigenvalue weighted by atomic mass is 9.98. The Bertz CT molecular complexity index is 778. The molecule has 0 saturated carbocycles. The van der Waals surface area contributed by atoms with E-state index in [1.165, 1.54) is 5.56 Å². The maximum atomic E-state index is 9.42.